The van der Waals surface area contributed by atoms with Crippen molar-refractivity contribution in [3.63, 3.8) is 0 Å². The van der Waals surface area contributed by atoms with Crippen LogP contribution in [0, 0.1) is 6.92 Å². The summed E-state index contributed by atoms with van der Waals surface area (Å²) >= 11 is 9.40. The van der Waals surface area contributed by atoms with Gasteiger partial charge in [0.1, 0.15) is 0 Å². The van der Waals surface area contributed by atoms with Gasteiger partial charge < -0.3 is 0 Å². The van der Waals surface area contributed by atoms with Crippen LogP contribution in [-0.4, -0.2) is 5.75 Å². The summed E-state index contributed by atoms with van der Waals surface area (Å²) in [5.74, 6) is 0.944. The maximum atomic E-state index is 5.61. The number of benzene rings is 1. The molecule has 0 fully saturated rings. The van der Waals surface area contributed by atoms with E-state index in [-0.39, 0.29) is 0 Å². The van der Waals surface area contributed by atoms with Crippen molar-refractivity contribution in [2.24, 2.45) is 0 Å². The molecule has 0 bridgehead atoms. The zero-order valence-electron chi connectivity index (χ0n) is 6.84. The van der Waals surface area contributed by atoms with Crippen molar-refractivity contribution in [1.82, 2.24) is 0 Å². The van der Waals surface area contributed by atoms with Gasteiger partial charge in [-0.1, -0.05) is 36.2 Å². The van der Waals surface area contributed by atoms with Gasteiger partial charge in [-0.25, -0.2) is 0 Å². The van der Waals surface area contributed by atoms with Crippen LogP contribution in [0.15, 0.2) is 24.3 Å². The summed E-state index contributed by atoms with van der Waals surface area (Å²) in [7, 11) is 0. The standard InChI is InChI=1S/C7H7Cl.C2H6S/c1-6-2-4-7(8)5-3-6;1-2-3/h2-5H,1H3;3H,2H2,1H3. The normalized spacial score (nSPS) is 8.36. The number of hydrogen-bond acceptors (Lipinski definition) is 1. The maximum absolute atomic E-state index is 5.61. The second-order valence-electron chi connectivity index (χ2n) is 2.11. The van der Waals surface area contributed by atoms with Gasteiger partial charge in [-0.3, -0.25) is 0 Å². The first-order chi connectivity index (χ1) is 5.20. The molecule has 11 heavy (non-hydrogen) atoms. The highest BCUT2D eigenvalue weighted by Crippen LogP contribution is 2.07. The van der Waals surface area contributed by atoms with Crippen LogP contribution in [0.5, 0.6) is 0 Å². The summed E-state index contributed by atoms with van der Waals surface area (Å²) in [5.41, 5.74) is 1.24. The van der Waals surface area contributed by atoms with Gasteiger partial charge in [0.15, 0.2) is 0 Å². The van der Waals surface area contributed by atoms with Crippen LogP contribution in [0.1, 0.15) is 12.5 Å². The van der Waals surface area contributed by atoms with Crippen LogP contribution in [-0.2, 0) is 0 Å². The smallest absolute Gasteiger partial charge is 0.0406 e. The van der Waals surface area contributed by atoms with Crippen LogP contribution < -0.4 is 0 Å². The van der Waals surface area contributed by atoms with E-state index in [2.05, 4.69) is 12.6 Å². The number of thiol groups is 1. The Morgan fingerprint density at radius 2 is 1.64 bits per heavy atom. The van der Waals surface area contributed by atoms with Crippen LogP contribution in [0.25, 0.3) is 0 Å². The summed E-state index contributed by atoms with van der Waals surface area (Å²) in [6.07, 6.45) is 0. The lowest BCUT2D eigenvalue weighted by atomic mass is 10.2. The Balaban J connectivity index is 0.000000292. The molecule has 0 radical (unpaired) electrons. The van der Waals surface area contributed by atoms with E-state index < -0.39 is 0 Å². The van der Waals surface area contributed by atoms with Crippen LogP contribution in [0.2, 0.25) is 5.02 Å². The molecule has 1 aromatic carbocycles. The molecule has 0 N–H and O–H groups in total. The first kappa shape index (κ1) is 10.9. The molecule has 1 rings (SSSR count). The van der Waals surface area contributed by atoms with E-state index >= 15 is 0 Å². The highest BCUT2D eigenvalue weighted by molar-refractivity contribution is 7.80. The molecule has 2 heteroatoms. The molecule has 0 nitrogen and oxygen atoms in total. The molecule has 0 amide bonds. The minimum Gasteiger partial charge on any atom is -0.180 e. The number of halogens is 1. The Kier molecular flexibility index (Phi) is 6.48. The first-order valence-electron chi connectivity index (χ1n) is 3.53. The third kappa shape index (κ3) is 6.27. The summed E-state index contributed by atoms with van der Waals surface area (Å²) in [6, 6.07) is 7.75. The van der Waals surface area contributed by atoms with Gasteiger partial charge in [0, 0.05) is 5.02 Å². The Morgan fingerprint density at radius 1 is 1.27 bits per heavy atom. The second-order valence-corrected chi connectivity index (χ2v) is 3.18. The SMILES string of the molecule is CCS.Cc1ccc(Cl)cc1. The fourth-order valence-corrected chi connectivity index (χ4v) is 0.659. The maximum Gasteiger partial charge on any atom is 0.0406 e. The highest BCUT2D eigenvalue weighted by atomic mass is 35.5. The zero-order chi connectivity index (χ0) is 8.69. The van der Waals surface area contributed by atoms with Crippen molar-refractivity contribution in [2.75, 3.05) is 5.75 Å². The molecule has 1 aromatic rings. The Labute approximate surface area is 79.0 Å². The van der Waals surface area contributed by atoms with Gasteiger partial charge >= 0.3 is 0 Å². The molecular weight excluding hydrogens is 176 g/mol. The molecule has 0 heterocycles. The average molecular weight is 189 g/mol. The molecule has 0 atom stereocenters. The van der Waals surface area contributed by atoms with Gasteiger partial charge in [-0.05, 0) is 24.8 Å². The van der Waals surface area contributed by atoms with E-state index in [4.69, 9.17) is 11.6 Å². The van der Waals surface area contributed by atoms with Crippen molar-refractivity contribution in [2.45, 2.75) is 13.8 Å². The van der Waals surface area contributed by atoms with E-state index in [1.54, 1.807) is 0 Å². The van der Waals surface area contributed by atoms with E-state index in [1.807, 2.05) is 38.1 Å². The molecule has 0 aliphatic carbocycles. The Bertz CT molecular complexity index is 160. The summed E-state index contributed by atoms with van der Waals surface area (Å²) in [5, 5.41) is 0.801. The van der Waals surface area contributed by atoms with Crippen molar-refractivity contribution in [3.05, 3.63) is 34.9 Å². The van der Waals surface area contributed by atoms with E-state index in [0.29, 0.717) is 0 Å². The van der Waals surface area contributed by atoms with Gasteiger partial charge in [0.2, 0.25) is 0 Å². The molecule has 0 spiro atoms. The molecule has 0 aliphatic heterocycles. The highest BCUT2D eigenvalue weighted by Gasteiger charge is 1.81. The number of aryl methyl sites for hydroxylation is 1. The zero-order valence-corrected chi connectivity index (χ0v) is 8.49. The van der Waals surface area contributed by atoms with E-state index in [0.717, 1.165) is 10.8 Å². The molecule has 0 saturated carbocycles. The Hall–Kier alpha value is -0.140. The van der Waals surface area contributed by atoms with Crippen LogP contribution in [0.4, 0.5) is 0 Å². The van der Waals surface area contributed by atoms with Gasteiger partial charge in [0.25, 0.3) is 0 Å². The van der Waals surface area contributed by atoms with Gasteiger partial charge in [-0.15, -0.1) is 0 Å². The minimum absolute atomic E-state index is 0.801. The molecule has 0 aromatic heterocycles. The van der Waals surface area contributed by atoms with E-state index in [9.17, 15) is 0 Å². The van der Waals surface area contributed by atoms with Crippen molar-refractivity contribution in [3.8, 4) is 0 Å². The quantitative estimate of drug-likeness (QED) is 0.592. The minimum atomic E-state index is 0.801. The average Bonchev–Trinajstić information content (AvgIpc) is 1.97. The predicted octanol–water partition coefficient (Wildman–Crippen LogP) is 3.58. The largest absolute Gasteiger partial charge is 0.180 e. The molecule has 62 valence electrons. The monoisotopic (exact) mass is 188 g/mol. The first-order valence-corrected chi connectivity index (χ1v) is 4.54. The lowest BCUT2D eigenvalue weighted by Gasteiger charge is -1.88. The molecular formula is C9H13ClS. The third-order valence-electron chi connectivity index (χ3n) is 1.01. The summed E-state index contributed by atoms with van der Waals surface area (Å²) in [6.45, 7) is 4.03. The van der Waals surface area contributed by atoms with Gasteiger partial charge in [0.05, 0.1) is 0 Å². The number of rotatable bonds is 0. The van der Waals surface area contributed by atoms with Crippen LogP contribution in [0.3, 0.4) is 0 Å². The molecule has 0 saturated heterocycles. The van der Waals surface area contributed by atoms with Crippen molar-refractivity contribution >= 4 is 24.2 Å². The van der Waals surface area contributed by atoms with Crippen molar-refractivity contribution < 1.29 is 0 Å². The fourth-order valence-electron chi connectivity index (χ4n) is 0.533. The Morgan fingerprint density at radius 3 is 1.91 bits per heavy atom. The second kappa shape index (κ2) is 6.56. The summed E-state index contributed by atoms with van der Waals surface area (Å²) in [4.78, 5) is 0. The lowest BCUT2D eigenvalue weighted by Crippen LogP contribution is -1.66. The lowest BCUT2D eigenvalue weighted by molar-refractivity contribution is 1.48. The molecule has 0 aliphatic rings. The molecule has 0 unspecified atom stereocenters. The number of hydrogen-bond donors (Lipinski definition) is 1. The predicted molar refractivity (Wildman–Crippen MR) is 55.7 cm³/mol. The van der Waals surface area contributed by atoms with Crippen LogP contribution >= 0.6 is 24.2 Å². The van der Waals surface area contributed by atoms with Gasteiger partial charge in [-0.2, -0.15) is 12.6 Å². The third-order valence-corrected chi connectivity index (χ3v) is 1.26. The summed E-state index contributed by atoms with van der Waals surface area (Å²) < 4.78 is 0. The topological polar surface area (TPSA) is 0 Å². The fraction of sp³-hybridized carbons (Fsp3) is 0.333. The van der Waals surface area contributed by atoms with Crippen molar-refractivity contribution in [1.29, 1.82) is 0 Å². The van der Waals surface area contributed by atoms with E-state index in [1.165, 1.54) is 5.56 Å².